The van der Waals surface area contributed by atoms with Gasteiger partial charge < -0.3 is 0 Å². The molecule has 1 atom stereocenters. The van der Waals surface area contributed by atoms with Crippen LogP contribution in [0.1, 0.15) is 13.8 Å². The van der Waals surface area contributed by atoms with Gasteiger partial charge in [-0.25, -0.2) is 4.48 Å². The van der Waals surface area contributed by atoms with Crippen LogP contribution in [0.5, 0.6) is 0 Å². The Balaban J connectivity index is 2.47. The number of nitrogens with zero attached hydrogens (tertiary/aromatic N) is 3. The number of hydrogen-bond donors (Lipinski definition) is 0. The lowest BCUT2D eigenvalue weighted by Gasteiger charge is -2.31. The summed E-state index contributed by atoms with van der Waals surface area (Å²) in [6.07, 6.45) is 9.69. The average molecular weight is 162 g/mol. The van der Waals surface area contributed by atoms with Gasteiger partial charge in [0, 0.05) is 6.08 Å². The van der Waals surface area contributed by atoms with Crippen LogP contribution < -0.4 is 0 Å². The van der Waals surface area contributed by atoms with Crippen LogP contribution in [0.4, 0.5) is 0 Å². The van der Waals surface area contributed by atoms with E-state index in [9.17, 15) is 0 Å². The molecule has 0 N–H and O–H groups in total. The topological polar surface area (TPSA) is 24.7 Å². The van der Waals surface area contributed by atoms with Gasteiger partial charge in [0.1, 0.15) is 12.5 Å². The Morgan fingerprint density at radius 3 is 2.92 bits per heavy atom. The Labute approximate surface area is 72.0 Å². The summed E-state index contributed by atoms with van der Waals surface area (Å²) in [6, 6.07) is 0.455. The van der Waals surface area contributed by atoms with Gasteiger partial charge in [0.05, 0.1) is 6.04 Å². The second-order valence-corrected chi connectivity index (χ2v) is 3.30. The third-order valence-corrected chi connectivity index (χ3v) is 2.34. The van der Waals surface area contributed by atoms with Gasteiger partial charge in [0.25, 0.3) is 0 Å². The molecular weight excluding hydrogens is 150 g/mol. The van der Waals surface area contributed by atoms with Gasteiger partial charge in [0.2, 0.25) is 12.2 Å². The SMILES string of the molecule is CC(C)[N+]12C=CC=C1N=CN=C2. The summed E-state index contributed by atoms with van der Waals surface area (Å²) in [6.45, 7) is 4.33. The molecule has 1 unspecified atom stereocenters. The maximum Gasteiger partial charge on any atom is 0.239 e. The maximum atomic E-state index is 4.23. The van der Waals surface area contributed by atoms with Crippen molar-refractivity contribution in [3.63, 3.8) is 0 Å². The monoisotopic (exact) mass is 162 g/mol. The second kappa shape index (κ2) is 2.38. The summed E-state index contributed by atoms with van der Waals surface area (Å²) in [5.41, 5.74) is 0. The maximum absolute atomic E-state index is 4.23. The van der Waals surface area contributed by atoms with Crippen molar-refractivity contribution in [3.05, 3.63) is 24.2 Å². The van der Waals surface area contributed by atoms with E-state index in [1.54, 1.807) is 6.34 Å². The molecule has 0 aromatic carbocycles. The number of fused-ring (bicyclic) bond motifs is 1. The van der Waals surface area contributed by atoms with Crippen molar-refractivity contribution in [1.29, 1.82) is 0 Å². The van der Waals surface area contributed by atoms with Gasteiger partial charge in [-0.05, 0) is 19.9 Å². The van der Waals surface area contributed by atoms with Crippen LogP contribution in [0.25, 0.3) is 0 Å². The zero-order chi connectivity index (χ0) is 8.60. The van der Waals surface area contributed by atoms with Crippen molar-refractivity contribution >= 4 is 12.7 Å². The Kier molecular flexibility index (Phi) is 1.48. The normalized spacial score (nSPS) is 31.1. The fourth-order valence-corrected chi connectivity index (χ4v) is 1.52. The van der Waals surface area contributed by atoms with Crippen molar-refractivity contribution in [2.45, 2.75) is 19.9 Å². The third-order valence-electron chi connectivity index (χ3n) is 2.34. The molecule has 0 bridgehead atoms. The molecule has 0 aliphatic carbocycles. The molecule has 2 rings (SSSR count). The predicted molar refractivity (Wildman–Crippen MR) is 49.6 cm³/mol. The van der Waals surface area contributed by atoms with E-state index in [0.29, 0.717) is 10.5 Å². The van der Waals surface area contributed by atoms with Crippen molar-refractivity contribution < 1.29 is 4.48 Å². The molecule has 2 heterocycles. The highest BCUT2D eigenvalue weighted by Gasteiger charge is 2.36. The Morgan fingerprint density at radius 1 is 1.42 bits per heavy atom. The molecule has 12 heavy (non-hydrogen) atoms. The smallest absolute Gasteiger partial charge is 0.204 e. The molecule has 0 saturated carbocycles. The lowest BCUT2D eigenvalue weighted by atomic mass is 10.3. The molecule has 62 valence electrons. The number of hydrogen-bond acceptors (Lipinski definition) is 2. The highest BCUT2D eigenvalue weighted by atomic mass is 15.4. The van der Waals surface area contributed by atoms with Gasteiger partial charge in [-0.2, -0.15) is 9.98 Å². The summed E-state index contributed by atoms with van der Waals surface area (Å²) in [5.74, 6) is 1.06. The van der Waals surface area contributed by atoms with Crippen LogP contribution in [0.2, 0.25) is 0 Å². The molecule has 0 saturated heterocycles. The van der Waals surface area contributed by atoms with Crippen LogP contribution in [0, 0.1) is 0 Å². The first kappa shape index (κ1) is 7.43. The first-order chi connectivity index (χ1) is 5.76. The first-order valence-electron chi connectivity index (χ1n) is 4.11. The Morgan fingerprint density at radius 2 is 2.25 bits per heavy atom. The van der Waals surface area contributed by atoms with E-state index in [0.717, 1.165) is 5.82 Å². The van der Waals surface area contributed by atoms with Crippen LogP contribution in [0.3, 0.4) is 0 Å². The van der Waals surface area contributed by atoms with Gasteiger partial charge >= 0.3 is 0 Å². The fourth-order valence-electron chi connectivity index (χ4n) is 1.52. The summed E-state index contributed by atoms with van der Waals surface area (Å²) >= 11 is 0. The quantitative estimate of drug-likeness (QED) is 0.524. The summed E-state index contributed by atoms with van der Waals surface area (Å²) in [5, 5.41) is 0. The van der Waals surface area contributed by atoms with Gasteiger partial charge in [0.15, 0.2) is 0 Å². The zero-order valence-electron chi connectivity index (χ0n) is 7.31. The number of allylic oxidation sites excluding steroid dienone is 2. The highest BCUT2D eigenvalue weighted by Crippen LogP contribution is 2.28. The van der Waals surface area contributed by atoms with Crippen LogP contribution in [-0.2, 0) is 0 Å². The van der Waals surface area contributed by atoms with Crippen LogP contribution in [-0.4, -0.2) is 23.2 Å². The minimum absolute atomic E-state index is 0.455. The number of quaternary nitrogens is 1. The third kappa shape index (κ3) is 0.800. The Bertz CT molecular complexity index is 310. The van der Waals surface area contributed by atoms with Crippen LogP contribution in [0.15, 0.2) is 34.2 Å². The second-order valence-electron chi connectivity index (χ2n) is 3.30. The van der Waals surface area contributed by atoms with E-state index in [1.807, 2.05) is 18.5 Å². The van der Waals surface area contributed by atoms with E-state index in [2.05, 4.69) is 30.0 Å². The molecule has 0 fully saturated rings. The predicted octanol–water partition coefficient (Wildman–Crippen LogP) is 1.65. The number of aliphatic imine (C=N–C) groups is 2. The van der Waals surface area contributed by atoms with Crippen molar-refractivity contribution in [2.75, 3.05) is 0 Å². The Hall–Kier alpha value is -1.22. The summed E-state index contributed by atoms with van der Waals surface area (Å²) in [7, 11) is 0. The molecule has 0 radical (unpaired) electrons. The van der Waals surface area contributed by atoms with E-state index in [4.69, 9.17) is 0 Å². The lowest BCUT2D eigenvalue weighted by molar-refractivity contribution is -0.763. The minimum Gasteiger partial charge on any atom is -0.204 e. The standard InChI is InChI=1S/C9H12N3/c1-8(2)12-5-3-4-9(12)11-6-10-7-12/h3-8H,1-2H3/q+1. The van der Waals surface area contributed by atoms with Gasteiger partial charge in [-0.15, -0.1) is 0 Å². The van der Waals surface area contributed by atoms with E-state index >= 15 is 0 Å². The summed E-state index contributed by atoms with van der Waals surface area (Å²) in [4.78, 5) is 8.31. The molecule has 0 spiro atoms. The molecular formula is C9H12N3+. The van der Waals surface area contributed by atoms with Gasteiger partial charge in [-0.1, -0.05) is 0 Å². The molecule has 0 aromatic rings. The lowest BCUT2D eigenvalue weighted by Crippen LogP contribution is -2.45. The zero-order valence-corrected chi connectivity index (χ0v) is 7.31. The highest BCUT2D eigenvalue weighted by molar-refractivity contribution is 5.72. The van der Waals surface area contributed by atoms with Crippen LogP contribution >= 0.6 is 0 Å². The van der Waals surface area contributed by atoms with E-state index < -0.39 is 0 Å². The van der Waals surface area contributed by atoms with Crippen molar-refractivity contribution in [2.24, 2.45) is 9.98 Å². The number of rotatable bonds is 1. The average Bonchev–Trinajstić information content (AvgIpc) is 2.48. The molecule has 3 nitrogen and oxygen atoms in total. The van der Waals surface area contributed by atoms with Crippen molar-refractivity contribution in [3.8, 4) is 0 Å². The van der Waals surface area contributed by atoms with E-state index in [1.165, 1.54) is 0 Å². The largest absolute Gasteiger partial charge is 0.239 e. The molecule has 0 amide bonds. The summed E-state index contributed by atoms with van der Waals surface area (Å²) < 4.78 is 0.663. The molecule has 0 aromatic heterocycles. The molecule has 2 aliphatic rings. The molecule has 3 heteroatoms. The fraction of sp³-hybridized carbons (Fsp3) is 0.333. The first-order valence-corrected chi connectivity index (χ1v) is 4.11. The van der Waals surface area contributed by atoms with Crippen molar-refractivity contribution in [1.82, 2.24) is 0 Å². The minimum atomic E-state index is 0.455. The van der Waals surface area contributed by atoms with Gasteiger partial charge in [-0.3, -0.25) is 0 Å². The molecule has 2 aliphatic heterocycles. The van der Waals surface area contributed by atoms with E-state index in [-0.39, 0.29) is 0 Å².